The molecule has 2 nitrogen and oxygen atoms in total. The molecule has 1 aromatic heterocycles. The summed E-state index contributed by atoms with van der Waals surface area (Å²) in [4.78, 5) is 5.05. The summed E-state index contributed by atoms with van der Waals surface area (Å²) in [6, 6.07) is 17.4. The van der Waals surface area contributed by atoms with Crippen LogP contribution in [0.5, 0.6) is 0 Å². The Hall–Kier alpha value is -2.35. The van der Waals surface area contributed by atoms with Crippen molar-refractivity contribution < 1.29 is 0 Å². The lowest BCUT2D eigenvalue weighted by molar-refractivity contribution is 0.672. The van der Waals surface area contributed by atoms with Crippen LogP contribution in [0.1, 0.15) is 48.4 Å². The molecule has 3 aromatic rings. The van der Waals surface area contributed by atoms with E-state index >= 15 is 0 Å². The largest absolute Gasteiger partial charge is 0.355 e. The summed E-state index contributed by atoms with van der Waals surface area (Å²) in [5.41, 5.74) is 7.80. The Morgan fingerprint density at radius 3 is 2.58 bits per heavy atom. The first kappa shape index (κ1) is 14.0. The van der Waals surface area contributed by atoms with Crippen LogP contribution in [0.3, 0.4) is 0 Å². The van der Waals surface area contributed by atoms with Gasteiger partial charge in [-0.1, -0.05) is 30.3 Å². The lowest BCUT2D eigenvalue weighted by Gasteiger charge is -2.22. The summed E-state index contributed by atoms with van der Waals surface area (Å²) in [6.45, 7) is 0. The van der Waals surface area contributed by atoms with Gasteiger partial charge in [0.05, 0.1) is 11.2 Å². The predicted molar refractivity (Wildman–Crippen MR) is 100 cm³/mol. The van der Waals surface area contributed by atoms with Gasteiger partial charge in [0.1, 0.15) is 0 Å². The molecule has 0 saturated heterocycles. The lowest BCUT2D eigenvalue weighted by atomic mass is 9.92. The monoisotopic (exact) mass is 314 g/mol. The number of nitrogens with one attached hydrogen (secondary N) is 1. The molecule has 1 saturated carbocycles. The molecule has 1 fully saturated rings. The summed E-state index contributed by atoms with van der Waals surface area (Å²) in [5, 5.41) is 4.97. The maximum Gasteiger partial charge on any atom is 0.0729 e. The molecule has 2 aliphatic rings. The van der Waals surface area contributed by atoms with Gasteiger partial charge in [-0.3, -0.25) is 4.98 Å². The third kappa shape index (κ3) is 2.47. The van der Waals surface area contributed by atoms with Gasteiger partial charge in [-0.25, -0.2) is 0 Å². The molecule has 0 aliphatic heterocycles. The van der Waals surface area contributed by atoms with Crippen molar-refractivity contribution >= 4 is 22.3 Å². The first-order valence-corrected chi connectivity index (χ1v) is 9.16. The Kier molecular flexibility index (Phi) is 3.29. The molecule has 2 aromatic carbocycles. The fraction of sp³-hybridized carbons (Fsp3) is 0.318. The number of hydrogen-bond acceptors (Lipinski definition) is 2. The number of fused-ring (bicyclic) bond motifs is 2. The van der Waals surface area contributed by atoms with Gasteiger partial charge < -0.3 is 5.32 Å². The van der Waals surface area contributed by atoms with Crippen LogP contribution in [0, 0.1) is 0 Å². The number of nitrogens with zero attached hydrogens (tertiary/aromatic N) is 1. The minimum atomic E-state index is 0.776. The molecule has 1 heterocycles. The quantitative estimate of drug-likeness (QED) is 0.667. The van der Waals surface area contributed by atoms with Gasteiger partial charge in [0, 0.05) is 16.8 Å². The zero-order chi connectivity index (χ0) is 15.9. The molecule has 0 radical (unpaired) electrons. The third-order valence-electron chi connectivity index (χ3n) is 5.38. The Balaban J connectivity index is 1.69. The molecule has 2 aliphatic carbocycles. The second-order valence-corrected chi connectivity index (χ2v) is 7.16. The van der Waals surface area contributed by atoms with E-state index in [0.29, 0.717) is 0 Å². The summed E-state index contributed by atoms with van der Waals surface area (Å²) in [6.07, 6.45) is 7.46. The van der Waals surface area contributed by atoms with Crippen molar-refractivity contribution in [2.45, 2.75) is 44.4 Å². The molecule has 0 unspecified atom stereocenters. The predicted octanol–water partition coefficient (Wildman–Crippen LogP) is 5.73. The highest BCUT2D eigenvalue weighted by molar-refractivity contribution is 5.95. The number of aromatic nitrogens is 1. The van der Waals surface area contributed by atoms with E-state index in [1.807, 2.05) is 0 Å². The number of pyridine rings is 1. The number of rotatable bonds is 3. The van der Waals surface area contributed by atoms with Crippen LogP contribution in [-0.2, 0) is 12.8 Å². The van der Waals surface area contributed by atoms with Crippen molar-refractivity contribution in [1.82, 2.24) is 4.98 Å². The molecule has 24 heavy (non-hydrogen) atoms. The fourth-order valence-corrected chi connectivity index (χ4v) is 3.92. The van der Waals surface area contributed by atoms with E-state index in [1.165, 1.54) is 59.1 Å². The van der Waals surface area contributed by atoms with Crippen molar-refractivity contribution in [1.29, 1.82) is 0 Å². The van der Waals surface area contributed by atoms with E-state index in [1.54, 1.807) is 0 Å². The molecule has 0 spiro atoms. The van der Waals surface area contributed by atoms with Gasteiger partial charge in [-0.15, -0.1) is 0 Å². The average Bonchev–Trinajstić information content (AvgIpc) is 3.47. The topological polar surface area (TPSA) is 24.9 Å². The lowest BCUT2D eigenvalue weighted by Crippen LogP contribution is -2.09. The molecule has 0 amide bonds. The summed E-state index contributed by atoms with van der Waals surface area (Å²) in [5.74, 6) is 0.776. The Morgan fingerprint density at radius 1 is 0.917 bits per heavy atom. The van der Waals surface area contributed by atoms with Crippen LogP contribution in [0.15, 0.2) is 48.5 Å². The highest BCUT2D eigenvalue weighted by atomic mass is 14.9. The van der Waals surface area contributed by atoms with Crippen molar-refractivity contribution in [2.75, 3.05) is 5.32 Å². The normalized spacial score (nSPS) is 16.8. The van der Waals surface area contributed by atoms with Gasteiger partial charge in [-0.05, 0) is 73.8 Å². The van der Waals surface area contributed by atoms with Crippen molar-refractivity contribution in [3.8, 4) is 0 Å². The van der Waals surface area contributed by atoms with E-state index in [9.17, 15) is 0 Å². The van der Waals surface area contributed by atoms with Gasteiger partial charge in [0.25, 0.3) is 0 Å². The number of para-hydroxylation sites is 1. The number of hydrogen-bond donors (Lipinski definition) is 1. The highest BCUT2D eigenvalue weighted by Crippen LogP contribution is 2.42. The molecular formula is C22H22N2. The first-order chi connectivity index (χ1) is 11.9. The molecule has 0 atom stereocenters. The number of aryl methyl sites for hydroxylation is 1. The molecule has 120 valence electrons. The molecule has 0 bridgehead atoms. The van der Waals surface area contributed by atoms with Crippen molar-refractivity contribution in [2.24, 2.45) is 0 Å². The maximum absolute atomic E-state index is 5.05. The SMILES string of the molecule is c1ccc(Nc2c3c(nc4cc(C5CC5)ccc24)CCCC3)cc1. The van der Waals surface area contributed by atoms with Crippen LogP contribution in [0.4, 0.5) is 11.4 Å². The zero-order valence-corrected chi connectivity index (χ0v) is 13.9. The minimum Gasteiger partial charge on any atom is -0.355 e. The smallest absolute Gasteiger partial charge is 0.0729 e. The second-order valence-electron chi connectivity index (χ2n) is 7.16. The summed E-state index contributed by atoms with van der Waals surface area (Å²) < 4.78 is 0. The number of anilines is 2. The van der Waals surface area contributed by atoms with Crippen LogP contribution in [0.25, 0.3) is 10.9 Å². The minimum absolute atomic E-state index is 0.776. The van der Waals surface area contributed by atoms with E-state index in [4.69, 9.17) is 4.98 Å². The highest BCUT2D eigenvalue weighted by Gasteiger charge is 2.25. The van der Waals surface area contributed by atoms with E-state index in [0.717, 1.165) is 24.4 Å². The van der Waals surface area contributed by atoms with Crippen molar-refractivity contribution in [3.05, 3.63) is 65.4 Å². The Labute approximate surface area is 142 Å². The molecule has 2 heteroatoms. The van der Waals surface area contributed by atoms with Gasteiger partial charge in [-0.2, -0.15) is 0 Å². The summed E-state index contributed by atoms with van der Waals surface area (Å²) in [7, 11) is 0. The van der Waals surface area contributed by atoms with Gasteiger partial charge >= 0.3 is 0 Å². The fourth-order valence-electron chi connectivity index (χ4n) is 3.92. The molecular weight excluding hydrogens is 292 g/mol. The van der Waals surface area contributed by atoms with Gasteiger partial charge in [0.15, 0.2) is 0 Å². The standard InChI is InChI=1S/C22H22N2/c1-2-6-17(7-3-1)23-22-18-8-4-5-9-20(18)24-21-14-16(15-10-11-15)12-13-19(21)22/h1-3,6-7,12-15H,4-5,8-11H2,(H,23,24). The van der Waals surface area contributed by atoms with E-state index in [2.05, 4.69) is 53.8 Å². The second kappa shape index (κ2) is 5.62. The Bertz CT molecular complexity index is 895. The number of benzene rings is 2. The van der Waals surface area contributed by atoms with Crippen LogP contribution in [0.2, 0.25) is 0 Å². The first-order valence-electron chi connectivity index (χ1n) is 9.16. The van der Waals surface area contributed by atoms with Crippen LogP contribution >= 0.6 is 0 Å². The molecule has 1 N–H and O–H groups in total. The average molecular weight is 314 g/mol. The Morgan fingerprint density at radius 2 is 1.75 bits per heavy atom. The van der Waals surface area contributed by atoms with E-state index < -0.39 is 0 Å². The van der Waals surface area contributed by atoms with Crippen LogP contribution < -0.4 is 5.32 Å². The van der Waals surface area contributed by atoms with Gasteiger partial charge in [0.2, 0.25) is 0 Å². The zero-order valence-electron chi connectivity index (χ0n) is 13.9. The van der Waals surface area contributed by atoms with Crippen LogP contribution in [-0.4, -0.2) is 4.98 Å². The van der Waals surface area contributed by atoms with E-state index in [-0.39, 0.29) is 0 Å². The maximum atomic E-state index is 5.05. The third-order valence-corrected chi connectivity index (χ3v) is 5.38. The summed E-state index contributed by atoms with van der Waals surface area (Å²) >= 11 is 0. The van der Waals surface area contributed by atoms with Crippen molar-refractivity contribution in [3.63, 3.8) is 0 Å². The molecule has 5 rings (SSSR count).